The summed E-state index contributed by atoms with van der Waals surface area (Å²) >= 11 is 0. The molecule has 2 N–H and O–H groups in total. The highest BCUT2D eigenvalue weighted by Crippen LogP contribution is 2.12. The summed E-state index contributed by atoms with van der Waals surface area (Å²) in [7, 11) is 0. The van der Waals surface area contributed by atoms with E-state index in [4.69, 9.17) is 14.2 Å². The topological polar surface area (TPSA) is 72.1 Å². The number of unbranched alkanes of at least 4 members (excludes halogenated alkanes) is 24. The Kier molecular flexibility index (Phi) is 39.1. The van der Waals surface area contributed by atoms with Crippen molar-refractivity contribution < 1.29 is 19.0 Å². The average molecular weight is 748 g/mol. The molecule has 0 aromatic rings. The Bertz CT molecular complexity index is 756. The minimum absolute atomic E-state index is 0.369. The molecule has 0 saturated carbocycles. The highest BCUT2D eigenvalue weighted by atomic mass is 16.6. The zero-order chi connectivity index (χ0) is 38.0. The third kappa shape index (κ3) is 37.3. The summed E-state index contributed by atoms with van der Waals surface area (Å²) in [5, 5.41) is 6.31. The highest BCUT2D eigenvalue weighted by Gasteiger charge is 2.16. The van der Waals surface area contributed by atoms with Gasteiger partial charge in [-0.05, 0) is 64.2 Å². The number of nitrogens with one attached hydrogen (secondary N) is 2. The largest absolute Gasteiger partial charge is 0.441 e. The first kappa shape index (κ1) is 49.6. The predicted molar refractivity (Wildman–Crippen MR) is 228 cm³/mol. The molecule has 7 nitrogen and oxygen atoms in total. The zero-order valence-electron chi connectivity index (χ0n) is 35.3. The fourth-order valence-corrected chi connectivity index (χ4v) is 6.89. The fourth-order valence-electron chi connectivity index (χ4n) is 6.89. The van der Waals surface area contributed by atoms with E-state index < -0.39 is 0 Å². The predicted octanol–water partition coefficient (Wildman–Crippen LogP) is 12.1. The van der Waals surface area contributed by atoms with Gasteiger partial charge in [0.05, 0.1) is 13.2 Å². The number of alkyl carbamates (subject to hydrolysis) is 1. The molecule has 0 unspecified atom stereocenters. The minimum Gasteiger partial charge on any atom is -0.441 e. The molecule has 1 rings (SSSR count). The van der Waals surface area contributed by atoms with Gasteiger partial charge < -0.3 is 24.8 Å². The Morgan fingerprint density at radius 3 is 1.36 bits per heavy atom. The van der Waals surface area contributed by atoms with Gasteiger partial charge in [0.2, 0.25) is 0 Å². The van der Waals surface area contributed by atoms with Gasteiger partial charge in [0.25, 0.3) is 0 Å². The van der Waals surface area contributed by atoms with Crippen LogP contribution in [-0.2, 0) is 14.2 Å². The molecule has 1 fully saturated rings. The summed E-state index contributed by atoms with van der Waals surface area (Å²) in [6.45, 7) is 12.3. The molecule has 0 aromatic carbocycles. The van der Waals surface area contributed by atoms with Crippen molar-refractivity contribution in [2.75, 3.05) is 65.7 Å². The van der Waals surface area contributed by atoms with Gasteiger partial charge in [-0.2, -0.15) is 0 Å². The normalized spacial score (nSPS) is 13.9. The first-order chi connectivity index (χ1) is 26.3. The van der Waals surface area contributed by atoms with Crippen molar-refractivity contribution in [1.82, 2.24) is 15.5 Å². The van der Waals surface area contributed by atoms with E-state index in [2.05, 4.69) is 53.7 Å². The van der Waals surface area contributed by atoms with Crippen molar-refractivity contribution in [2.45, 2.75) is 200 Å². The summed E-state index contributed by atoms with van der Waals surface area (Å²) in [6.07, 6.45) is 45.2. The van der Waals surface area contributed by atoms with Crippen molar-refractivity contribution in [3.8, 4) is 0 Å². The first-order valence-electron chi connectivity index (χ1n) is 23.1. The summed E-state index contributed by atoms with van der Waals surface area (Å²) in [5.41, 5.74) is 0. The Hall–Kier alpha value is -1.41. The Morgan fingerprint density at radius 2 is 0.943 bits per heavy atom. The second-order valence-corrected chi connectivity index (χ2v) is 15.6. The molecule has 0 atom stereocenters. The van der Waals surface area contributed by atoms with Crippen LogP contribution >= 0.6 is 0 Å². The van der Waals surface area contributed by atoms with Crippen LogP contribution < -0.4 is 10.6 Å². The van der Waals surface area contributed by atoms with Crippen LogP contribution in [-0.4, -0.2) is 82.8 Å². The molecule has 0 aromatic heterocycles. The van der Waals surface area contributed by atoms with Crippen LogP contribution in [0.5, 0.6) is 0 Å². The van der Waals surface area contributed by atoms with Crippen molar-refractivity contribution >= 4 is 6.09 Å². The highest BCUT2D eigenvalue weighted by molar-refractivity contribution is 5.67. The molecule has 1 amide bonds. The summed E-state index contributed by atoms with van der Waals surface area (Å²) in [4.78, 5) is 15.0. The smallest absolute Gasteiger partial charge is 0.407 e. The van der Waals surface area contributed by atoms with Gasteiger partial charge in [-0.3, -0.25) is 4.90 Å². The molecule has 312 valence electrons. The summed E-state index contributed by atoms with van der Waals surface area (Å²) in [5.74, 6) is 0. The number of carbonyl (C=O) groups excluding carboxylic acids is 1. The number of allylic oxidation sites excluding steroid dienone is 4. The van der Waals surface area contributed by atoms with Gasteiger partial charge in [0.1, 0.15) is 0 Å². The van der Waals surface area contributed by atoms with Crippen molar-refractivity contribution in [2.24, 2.45) is 0 Å². The molecule has 7 heteroatoms. The van der Waals surface area contributed by atoms with Gasteiger partial charge in [0, 0.05) is 52.5 Å². The summed E-state index contributed by atoms with van der Waals surface area (Å²) < 4.78 is 17.7. The van der Waals surface area contributed by atoms with Crippen molar-refractivity contribution in [3.05, 3.63) is 24.3 Å². The molecule has 0 spiro atoms. The quantitative estimate of drug-likeness (QED) is 0.0480. The third-order valence-electron chi connectivity index (χ3n) is 10.4. The second kappa shape index (κ2) is 41.7. The SMILES string of the molecule is CCCCCCCC/C=C\CCCCCCCCOCC(COCCCCCCCC/C=C\CCCCCCCC)OC(=O)NCCN1CCNCC1. The van der Waals surface area contributed by atoms with E-state index in [1.807, 2.05) is 0 Å². The lowest BCUT2D eigenvalue weighted by molar-refractivity contribution is -0.0293. The molecule has 0 aliphatic carbocycles. The summed E-state index contributed by atoms with van der Waals surface area (Å²) in [6, 6.07) is 0. The maximum absolute atomic E-state index is 12.6. The number of nitrogens with zero attached hydrogens (tertiary/aromatic N) is 1. The van der Waals surface area contributed by atoms with Crippen molar-refractivity contribution in [1.29, 1.82) is 0 Å². The first-order valence-corrected chi connectivity index (χ1v) is 23.1. The number of ether oxygens (including phenoxy) is 3. The van der Waals surface area contributed by atoms with Gasteiger partial charge in [0.15, 0.2) is 6.10 Å². The van der Waals surface area contributed by atoms with E-state index in [0.29, 0.717) is 33.0 Å². The van der Waals surface area contributed by atoms with Gasteiger partial charge in [-0.1, -0.05) is 154 Å². The Balaban J connectivity index is 2.11. The van der Waals surface area contributed by atoms with E-state index in [0.717, 1.165) is 45.6 Å². The second-order valence-electron chi connectivity index (χ2n) is 15.6. The molecular formula is C46H89N3O4. The lowest BCUT2D eigenvalue weighted by Crippen LogP contribution is -2.46. The van der Waals surface area contributed by atoms with Crippen LogP contribution in [0.2, 0.25) is 0 Å². The van der Waals surface area contributed by atoms with E-state index in [1.165, 1.54) is 167 Å². The molecule has 0 radical (unpaired) electrons. The van der Waals surface area contributed by atoms with Crippen LogP contribution in [0.3, 0.4) is 0 Å². The third-order valence-corrected chi connectivity index (χ3v) is 10.4. The van der Waals surface area contributed by atoms with Gasteiger partial charge >= 0.3 is 6.09 Å². The lowest BCUT2D eigenvalue weighted by atomic mass is 10.1. The maximum atomic E-state index is 12.6. The molecule has 1 saturated heterocycles. The number of hydrogen-bond acceptors (Lipinski definition) is 6. The van der Waals surface area contributed by atoms with Crippen LogP contribution in [0, 0.1) is 0 Å². The van der Waals surface area contributed by atoms with E-state index in [1.54, 1.807) is 0 Å². The standard InChI is InChI=1S/C46H89N3O4/c1-3-5-7-9-11-13-15-17-19-21-23-25-27-29-31-33-41-51-43-45(53-46(50)48-37-40-49-38-35-47-36-39-49)44-52-42-34-32-30-28-26-24-22-20-18-16-14-12-10-8-6-4-2/h17-20,45,47H,3-16,21-44H2,1-2H3,(H,48,50)/b19-17-,20-18-. The number of amides is 1. The molecule has 0 bridgehead atoms. The molecule has 1 heterocycles. The molecular weight excluding hydrogens is 659 g/mol. The van der Waals surface area contributed by atoms with Crippen molar-refractivity contribution in [3.63, 3.8) is 0 Å². The number of hydrogen-bond donors (Lipinski definition) is 2. The van der Waals surface area contributed by atoms with Crippen LogP contribution in [0.1, 0.15) is 194 Å². The van der Waals surface area contributed by atoms with Crippen LogP contribution in [0.25, 0.3) is 0 Å². The molecule has 1 aliphatic rings. The van der Waals surface area contributed by atoms with Gasteiger partial charge in [-0.15, -0.1) is 0 Å². The van der Waals surface area contributed by atoms with Crippen LogP contribution in [0.4, 0.5) is 4.79 Å². The molecule has 53 heavy (non-hydrogen) atoms. The maximum Gasteiger partial charge on any atom is 0.407 e. The van der Waals surface area contributed by atoms with E-state index in [-0.39, 0.29) is 12.2 Å². The molecule has 1 aliphatic heterocycles. The minimum atomic E-state index is -0.377. The average Bonchev–Trinajstić information content (AvgIpc) is 3.17. The Labute approximate surface area is 329 Å². The number of carbonyl (C=O) groups is 1. The van der Waals surface area contributed by atoms with Crippen LogP contribution in [0.15, 0.2) is 24.3 Å². The van der Waals surface area contributed by atoms with Gasteiger partial charge in [-0.25, -0.2) is 4.79 Å². The Morgan fingerprint density at radius 1 is 0.566 bits per heavy atom. The lowest BCUT2D eigenvalue weighted by Gasteiger charge is -2.27. The monoisotopic (exact) mass is 748 g/mol. The van der Waals surface area contributed by atoms with E-state index >= 15 is 0 Å². The number of piperazine rings is 1. The zero-order valence-corrected chi connectivity index (χ0v) is 35.3. The fraction of sp³-hybridized carbons (Fsp3) is 0.891. The van der Waals surface area contributed by atoms with E-state index in [9.17, 15) is 4.79 Å². The number of rotatable bonds is 40.